The molecule has 0 bridgehead atoms. The molecule has 2 fully saturated rings. The Bertz CT molecular complexity index is 1200. The average Bonchev–Trinajstić information content (AvgIpc) is 3.28. The number of aryl methyl sites for hydroxylation is 1. The fourth-order valence-corrected chi connectivity index (χ4v) is 4.60. The Morgan fingerprint density at radius 3 is 2.78 bits per heavy atom. The number of likely N-dealkylation sites (tertiary alicyclic amines) is 1. The number of halogens is 1. The summed E-state index contributed by atoms with van der Waals surface area (Å²) in [5.74, 6) is -0.241. The summed E-state index contributed by atoms with van der Waals surface area (Å²) < 4.78 is 14.7. The van der Waals surface area contributed by atoms with Crippen LogP contribution in [0.1, 0.15) is 60.7 Å². The number of benzene rings is 1. The molecule has 168 valence electrons. The molecule has 2 N–H and O–H groups in total. The predicted octanol–water partition coefficient (Wildman–Crippen LogP) is 3.02. The molecule has 5 rings (SSSR count). The van der Waals surface area contributed by atoms with E-state index in [2.05, 4.69) is 20.3 Å². The number of aromatic nitrogens is 3. The topological polar surface area (TPSA) is 82.5 Å². The largest absolute Gasteiger partial charge is 0.353 e. The zero-order chi connectivity index (χ0) is 22.2. The van der Waals surface area contributed by atoms with Crippen molar-refractivity contribution >= 4 is 11.6 Å². The van der Waals surface area contributed by atoms with Crippen molar-refractivity contribution in [1.82, 2.24) is 24.8 Å². The normalized spacial score (nSPS) is 19.0. The van der Waals surface area contributed by atoms with Crippen LogP contribution in [0.2, 0.25) is 0 Å². The number of H-pyrrole nitrogens is 1. The Hall–Kier alpha value is -3.00. The maximum absolute atomic E-state index is 13.2. The molecule has 1 aliphatic carbocycles. The quantitative estimate of drug-likeness (QED) is 0.595. The lowest BCUT2D eigenvalue weighted by Crippen LogP contribution is -2.28. The predicted molar refractivity (Wildman–Crippen MR) is 119 cm³/mol. The number of fused-ring (bicyclic) bond motifs is 1. The molecule has 1 aromatic carbocycles. The van der Waals surface area contributed by atoms with Crippen LogP contribution in [-0.2, 0) is 17.8 Å². The van der Waals surface area contributed by atoms with Crippen LogP contribution in [0.4, 0.5) is 4.39 Å². The summed E-state index contributed by atoms with van der Waals surface area (Å²) >= 11 is 0. The second-order valence-corrected chi connectivity index (χ2v) is 8.98. The standard InChI is InChI=1S/C24H28FN5O2/c1-15-19(10-11-23(31)27-18-8-9-18)24(32)30-22(26-15)13-20(28-30)21-3-2-12-29(21)14-16-4-6-17(25)7-5-16/h4-7,13,18,21,28H,2-3,8-12,14H2,1H3,(H,27,31). The van der Waals surface area contributed by atoms with Gasteiger partial charge in [-0.2, -0.15) is 0 Å². The highest BCUT2D eigenvalue weighted by atomic mass is 19.1. The zero-order valence-corrected chi connectivity index (χ0v) is 18.2. The van der Waals surface area contributed by atoms with Crippen molar-refractivity contribution in [3.63, 3.8) is 0 Å². The minimum absolute atomic E-state index is 0.00837. The molecule has 1 atom stereocenters. The molecule has 1 aliphatic heterocycles. The van der Waals surface area contributed by atoms with E-state index in [1.165, 1.54) is 16.6 Å². The van der Waals surface area contributed by atoms with Crippen molar-refractivity contribution in [3.05, 3.63) is 69.0 Å². The molecular weight excluding hydrogens is 409 g/mol. The van der Waals surface area contributed by atoms with E-state index in [1.807, 2.05) is 25.1 Å². The van der Waals surface area contributed by atoms with Crippen LogP contribution in [-0.4, -0.2) is 38.0 Å². The van der Waals surface area contributed by atoms with Gasteiger partial charge in [-0.25, -0.2) is 13.9 Å². The minimum atomic E-state index is -0.232. The highest BCUT2D eigenvalue weighted by molar-refractivity contribution is 5.76. The van der Waals surface area contributed by atoms with Gasteiger partial charge in [0.1, 0.15) is 5.82 Å². The molecule has 2 aliphatic rings. The van der Waals surface area contributed by atoms with Gasteiger partial charge < -0.3 is 5.32 Å². The Labute approximate surface area is 185 Å². The molecule has 0 radical (unpaired) electrons. The van der Waals surface area contributed by atoms with E-state index in [0.29, 0.717) is 35.8 Å². The van der Waals surface area contributed by atoms with E-state index >= 15 is 0 Å². The third kappa shape index (κ3) is 4.32. The van der Waals surface area contributed by atoms with E-state index < -0.39 is 0 Å². The van der Waals surface area contributed by atoms with Crippen LogP contribution in [0.25, 0.3) is 5.65 Å². The third-order valence-electron chi connectivity index (χ3n) is 6.50. The average molecular weight is 438 g/mol. The first kappa shape index (κ1) is 20.9. The molecule has 1 amide bonds. The molecule has 32 heavy (non-hydrogen) atoms. The number of carbonyl (C=O) groups is 1. The van der Waals surface area contributed by atoms with E-state index in [9.17, 15) is 14.0 Å². The highest BCUT2D eigenvalue weighted by Gasteiger charge is 2.28. The van der Waals surface area contributed by atoms with E-state index in [4.69, 9.17) is 0 Å². The van der Waals surface area contributed by atoms with E-state index in [-0.39, 0.29) is 23.3 Å². The number of nitrogens with one attached hydrogen (secondary N) is 2. The van der Waals surface area contributed by atoms with Crippen LogP contribution >= 0.6 is 0 Å². The molecule has 3 aromatic rings. The van der Waals surface area contributed by atoms with Gasteiger partial charge in [0.2, 0.25) is 5.91 Å². The van der Waals surface area contributed by atoms with Gasteiger partial charge in [0.15, 0.2) is 5.65 Å². The van der Waals surface area contributed by atoms with Crippen molar-refractivity contribution in [1.29, 1.82) is 0 Å². The van der Waals surface area contributed by atoms with Crippen LogP contribution in [0.15, 0.2) is 35.1 Å². The SMILES string of the molecule is Cc1nc2cc(C3CCCN3Cc3ccc(F)cc3)[nH]n2c(=O)c1CCC(=O)NC1CC1. The van der Waals surface area contributed by atoms with Gasteiger partial charge in [-0.15, -0.1) is 0 Å². The van der Waals surface area contributed by atoms with Gasteiger partial charge in [-0.05, 0) is 63.3 Å². The second kappa shape index (κ2) is 8.50. The Kier molecular flexibility index (Phi) is 5.55. The molecular formula is C24H28FN5O2. The van der Waals surface area contributed by atoms with Gasteiger partial charge >= 0.3 is 0 Å². The highest BCUT2D eigenvalue weighted by Crippen LogP contribution is 2.32. The third-order valence-corrected chi connectivity index (χ3v) is 6.50. The van der Waals surface area contributed by atoms with Crippen molar-refractivity contribution in [2.45, 2.75) is 64.1 Å². The summed E-state index contributed by atoms with van der Waals surface area (Å²) in [5.41, 5.74) is 3.73. The number of hydrogen-bond acceptors (Lipinski definition) is 4. The number of hydrogen-bond donors (Lipinski definition) is 2. The van der Waals surface area contributed by atoms with Gasteiger partial charge in [-0.1, -0.05) is 12.1 Å². The summed E-state index contributed by atoms with van der Waals surface area (Å²) in [6.07, 6.45) is 4.81. The molecule has 0 spiro atoms. The maximum atomic E-state index is 13.2. The van der Waals surface area contributed by atoms with Gasteiger partial charge in [0, 0.05) is 36.3 Å². The zero-order valence-electron chi connectivity index (χ0n) is 18.2. The van der Waals surface area contributed by atoms with Crippen molar-refractivity contribution in [2.75, 3.05) is 6.54 Å². The van der Waals surface area contributed by atoms with Crippen molar-refractivity contribution < 1.29 is 9.18 Å². The number of aromatic amines is 1. The number of carbonyl (C=O) groups excluding carboxylic acids is 1. The van der Waals surface area contributed by atoms with Crippen molar-refractivity contribution in [3.8, 4) is 0 Å². The lowest BCUT2D eigenvalue weighted by molar-refractivity contribution is -0.121. The first-order valence-electron chi connectivity index (χ1n) is 11.4. The van der Waals surface area contributed by atoms with Gasteiger partial charge in [-0.3, -0.25) is 19.6 Å². The molecule has 2 aromatic heterocycles. The number of rotatable bonds is 7. The summed E-state index contributed by atoms with van der Waals surface area (Å²) in [6.45, 7) is 3.50. The fourth-order valence-electron chi connectivity index (χ4n) is 4.60. The van der Waals surface area contributed by atoms with Crippen molar-refractivity contribution in [2.24, 2.45) is 0 Å². The molecule has 7 nitrogen and oxygen atoms in total. The Balaban J connectivity index is 1.36. The summed E-state index contributed by atoms with van der Waals surface area (Å²) in [5, 5.41) is 6.23. The van der Waals surface area contributed by atoms with Crippen LogP contribution in [0.5, 0.6) is 0 Å². The maximum Gasteiger partial charge on any atom is 0.276 e. The summed E-state index contributed by atoms with van der Waals surface area (Å²) in [7, 11) is 0. The lowest BCUT2D eigenvalue weighted by atomic mass is 10.1. The lowest BCUT2D eigenvalue weighted by Gasteiger charge is -2.23. The van der Waals surface area contributed by atoms with E-state index in [0.717, 1.165) is 50.0 Å². The number of nitrogens with zero attached hydrogens (tertiary/aromatic N) is 3. The van der Waals surface area contributed by atoms with Crippen LogP contribution in [0, 0.1) is 12.7 Å². The first-order valence-corrected chi connectivity index (χ1v) is 11.4. The molecule has 1 saturated carbocycles. The molecule has 3 heterocycles. The fraction of sp³-hybridized carbons (Fsp3) is 0.458. The van der Waals surface area contributed by atoms with E-state index in [1.54, 1.807) is 0 Å². The molecule has 1 saturated heterocycles. The number of amides is 1. The van der Waals surface area contributed by atoms with Crippen LogP contribution < -0.4 is 10.9 Å². The minimum Gasteiger partial charge on any atom is -0.353 e. The van der Waals surface area contributed by atoms with Gasteiger partial charge in [0.25, 0.3) is 5.56 Å². The first-order chi connectivity index (χ1) is 15.5. The Morgan fingerprint density at radius 1 is 1.25 bits per heavy atom. The van der Waals surface area contributed by atoms with Crippen LogP contribution in [0.3, 0.4) is 0 Å². The van der Waals surface area contributed by atoms with Gasteiger partial charge in [0.05, 0.1) is 11.7 Å². The second-order valence-electron chi connectivity index (χ2n) is 8.98. The smallest absolute Gasteiger partial charge is 0.276 e. The molecule has 1 unspecified atom stereocenters. The Morgan fingerprint density at radius 2 is 2.03 bits per heavy atom. The summed E-state index contributed by atoms with van der Waals surface area (Å²) in [4.78, 5) is 32.2. The monoisotopic (exact) mass is 437 g/mol. The molecule has 8 heteroatoms. The summed E-state index contributed by atoms with van der Waals surface area (Å²) in [6, 6.07) is 9.03.